The molecule has 3 heterocycles. The van der Waals surface area contributed by atoms with E-state index in [1.807, 2.05) is 0 Å². The Labute approximate surface area is 141 Å². The number of hydrogen-bond donors (Lipinski definition) is 0. The van der Waals surface area contributed by atoms with E-state index in [0.29, 0.717) is 39.8 Å². The van der Waals surface area contributed by atoms with Crippen molar-refractivity contribution in [3.05, 3.63) is 27.0 Å². The summed E-state index contributed by atoms with van der Waals surface area (Å²) in [6.45, 7) is 3.77. The number of rotatable bonds is 1. The first-order valence-electron chi connectivity index (χ1n) is 7.00. The van der Waals surface area contributed by atoms with Gasteiger partial charge < -0.3 is 5.21 Å². The van der Waals surface area contributed by atoms with Gasteiger partial charge in [0, 0.05) is 17.5 Å². The number of carbonyl (C=O) groups excluding carboxylic acids is 2. The molecule has 3 rings (SSSR count). The Kier molecular flexibility index (Phi) is 3.81. The highest BCUT2D eigenvalue weighted by Crippen LogP contribution is 2.33. The molecule has 1 aromatic rings. The second-order valence-corrected chi connectivity index (χ2v) is 7.14. The first-order chi connectivity index (χ1) is 10.3. The van der Waals surface area contributed by atoms with E-state index in [9.17, 15) is 14.8 Å². The van der Waals surface area contributed by atoms with Crippen molar-refractivity contribution in [2.75, 3.05) is 11.4 Å². The molecular weight excluding hydrogens is 374 g/mol. The van der Waals surface area contributed by atoms with Crippen LogP contribution in [0.4, 0.5) is 10.6 Å². The van der Waals surface area contributed by atoms with Crippen LogP contribution >= 0.6 is 27.5 Å². The fourth-order valence-electron chi connectivity index (χ4n) is 2.99. The number of aryl methyl sites for hydroxylation is 1. The van der Waals surface area contributed by atoms with Crippen molar-refractivity contribution in [2.45, 2.75) is 38.1 Å². The summed E-state index contributed by atoms with van der Waals surface area (Å²) in [7, 11) is 0. The molecular formula is C14H15BrClN3O3. The Bertz CT molecular complexity index is 682. The number of pyridine rings is 1. The maximum Gasteiger partial charge on any atom is 0.419 e. The third-order valence-corrected chi connectivity index (χ3v) is 5.43. The fourth-order valence-corrected chi connectivity index (χ4v) is 3.77. The Morgan fingerprint density at radius 1 is 1.41 bits per heavy atom. The third-order valence-electron chi connectivity index (χ3n) is 4.23. The van der Waals surface area contributed by atoms with Crippen molar-refractivity contribution in [1.82, 2.24) is 4.90 Å². The summed E-state index contributed by atoms with van der Waals surface area (Å²) in [5, 5.41) is 12.3. The molecule has 2 aliphatic rings. The van der Waals surface area contributed by atoms with Crippen LogP contribution in [0.2, 0.25) is 0 Å². The molecule has 2 fully saturated rings. The molecule has 2 saturated heterocycles. The number of nitrogens with zero attached hydrogens (tertiary/aromatic N) is 3. The Balaban J connectivity index is 2.08. The van der Waals surface area contributed by atoms with Crippen LogP contribution in [0, 0.1) is 19.1 Å². The molecule has 118 valence electrons. The van der Waals surface area contributed by atoms with Gasteiger partial charge in [0.05, 0.1) is 4.47 Å². The van der Waals surface area contributed by atoms with Gasteiger partial charge in [-0.2, -0.15) is 0 Å². The van der Waals surface area contributed by atoms with Crippen LogP contribution in [0.1, 0.15) is 24.1 Å². The number of carbonyl (C=O) groups is 2. The zero-order valence-corrected chi connectivity index (χ0v) is 14.5. The minimum atomic E-state index is -0.563. The molecule has 8 heteroatoms. The van der Waals surface area contributed by atoms with E-state index < -0.39 is 12.1 Å². The summed E-state index contributed by atoms with van der Waals surface area (Å²) in [5.74, 6) is -0.291. The molecule has 0 N–H and O–H groups in total. The first kappa shape index (κ1) is 15.6. The summed E-state index contributed by atoms with van der Waals surface area (Å²) in [4.78, 5) is 27.7. The quantitative estimate of drug-likeness (QED) is 0.321. The number of alkyl halides is 1. The second kappa shape index (κ2) is 5.38. The minimum Gasteiger partial charge on any atom is -0.710 e. The van der Waals surface area contributed by atoms with Gasteiger partial charge in [0.15, 0.2) is 0 Å². The van der Waals surface area contributed by atoms with Crippen molar-refractivity contribution >= 4 is 45.3 Å². The monoisotopic (exact) mass is 387 g/mol. The molecule has 0 aromatic carbocycles. The highest BCUT2D eigenvalue weighted by Gasteiger charge is 2.55. The molecule has 2 aliphatic heterocycles. The highest BCUT2D eigenvalue weighted by molar-refractivity contribution is 9.10. The normalized spacial score (nSPS) is 24.9. The van der Waals surface area contributed by atoms with Gasteiger partial charge in [0.2, 0.25) is 0 Å². The SMILES string of the molecule is Cc1cc(Br)c(C)[n+]([O-])c1N1C(=O)C2CC(Cl)CCN2C1=O. The molecule has 2 unspecified atom stereocenters. The van der Waals surface area contributed by atoms with Crippen LogP contribution < -0.4 is 9.63 Å². The van der Waals surface area contributed by atoms with Gasteiger partial charge in [-0.3, -0.25) is 4.90 Å². The zero-order valence-electron chi connectivity index (χ0n) is 12.2. The van der Waals surface area contributed by atoms with Crippen molar-refractivity contribution in [1.29, 1.82) is 0 Å². The van der Waals surface area contributed by atoms with Crippen LogP contribution in [0.5, 0.6) is 0 Å². The number of amides is 3. The van der Waals surface area contributed by atoms with Gasteiger partial charge in [-0.05, 0) is 48.7 Å². The van der Waals surface area contributed by atoms with E-state index in [-0.39, 0.29) is 17.1 Å². The van der Waals surface area contributed by atoms with Crippen LogP contribution in [0.15, 0.2) is 10.5 Å². The fraction of sp³-hybridized carbons (Fsp3) is 0.500. The number of hydrogen-bond acceptors (Lipinski definition) is 3. The van der Waals surface area contributed by atoms with Gasteiger partial charge >= 0.3 is 11.9 Å². The van der Waals surface area contributed by atoms with E-state index in [1.165, 1.54) is 4.90 Å². The molecule has 0 saturated carbocycles. The van der Waals surface area contributed by atoms with Crippen molar-refractivity contribution < 1.29 is 14.3 Å². The lowest BCUT2D eigenvalue weighted by molar-refractivity contribution is -0.599. The molecule has 2 atom stereocenters. The second-order valence-electron chi connectivity index (χ2n) is 5.67. The standard InChI is InChI=1S/C14H15BrClN3O3/c1-7-5-10(15)8(2)19(22)12(7)18-13(20)11-6-9(16)3-4-17(11)14(18)21/h5,9,11H,3-4,6H2,1-2H3. The first-order valence-corrected chi connectivity index (χ1v) is 8.23. The topological polar surface area (TPSA) is 67.6 Å². The molecule has 6 nitrogen and oxygen atoms in total. The van der Waals surface area contributed by atoms with Crippen LogP contribution in [0.25, 0.3) is 0 Å². The number of fused-ring (bicyclic) bond motifs is 1. The largest absolute Gasteiger partial charge is 0.710 e. The Morgan fingerprint density at radius 3 is 2.77 bits per heavy atom. The van der Waals surface area contributed by atoms with E-state index in [0.717, 1.165) is 4.90 Å². The lowest BCUT2D eigenvalue weighted by Crippen LogP contribution is -2.45. The van der Waals surface area contributed by atoms with Crippen molar-refractivity contribution in [2.24, 2.45) is 0 Å². The van der Waals surface area contributed by atoms with Crippen LogP contribution in [-0.2, 0) is 4.79 Å². The van der Waals surface area contributed by atoms with E-state index >= 15 is 0 Å². The third kappa shape index (κ3) is 2.18. The maximum absolute atomic E-state index is 12.6. The molecule has 22 heavy (non-hydrogen) atoms. The van der Waals surface area contributed by atoms with Crippen molar-refractivity contribution in [3.63, 3.8) is 0 Å². The summed E-state index contributed by atoms with van der Waals surface area (Å²) in [5.41, 5.74) is 0.970. The van der Waals surface area contributed by atoms with Gasteiger partial charge in [-0.25, -0.2) is 14.3 Å². The lowest BCUT2D eigenvalue weighted by Gasteiger charge is -2.27. The number of anilines is 1. The number of imide groups is 1. The summed E-state index contributed by atoms with van der Waals surface area (Å²) < 4.78 is 1.27. The Morgan fingerprint density at radius 2 is 2.09 bits per heavy atom. The van der Waals surface area contributed by atoms with Crippen LogP contribution in [0.3, 0.4) is 0 Å². The van der Waals surface area contributed by atoms with Gasteiger partial charge in [-0.1, -0.05) is 0 Å². The summed E-state index contributed by atoms with van der Waals surface area (Å²) >= 11 is 9.42. The molecule has 3 amide bonds. The molecule has 1 aromatic heterocycles. The van der Waals surface area contributed by atoms with Gasteiger partial charge in [0.25, 0.3) is 5.82 Å². The van der Waals surface area contributed by atoms with Crippen LogP contribution in [-0.4, -0.2) is 34.8 Å². The Hall–Kier alpha value is -1.34. The maximum atomic E-state index is 12.6. The molecule has 0 bridgehead atoms. The summed E-state index contributed by atoms with van der Waals surface area (Å²) in [6.07, 6.45) is 1.08. The number of aromatic nitrogens is 1. The predicted molar refractivity (Wildman–Crippen MR) is 84.8 cm³/mol. The molecule has 0 spiro atoms. The van der Waals surface area contributed by atoms with E-state index in [4.69, 9.17) is 11.6 Å². The average molecular weight is 389 g/mol. The summed E-state index contributed by atoms with van der Waals surface area (Å²) in [6, 6.07) is 0.737. The zero-order chi connectivity index (χ0) is 16.2. The van der Waals surface area contributed by atoms with Gasteiger partial charge in [0.1, 0.15) is 11.7 Å². The van der Waals surface area contributed by atoms with E-state index in [1.54, 1.807) is 19.9 Å². The predicted octanol–water partition coefficient (Wildman–Crippen LogP) is 2.24. The lowest BCUT2D eigenvalue weighted by atomic mass is 10.0. The minimum absolute atomic E-state index is 0.0798. The number of halogens is 2. The van der Waals surface area contributed by atoms with E-state index in [2.05, 4.69) is 15.9 Å². The highest BCUT2D eigenvalue weighted by atomic mass is 79.9. The molecule has 0 aliphatic carbocycles. The van der Waals surface area contributed by atoms with Gasteiger partial charge in [-0.15, -0.1) is 16.5 Å². The molecule has 0 radical (unpaired) electrons. The smallest absolute Gasteiger partial charge is 0.419 e. The van der Waals surface area contributed by atoms with Crippen molar-refractivity contribution in [3.8, 4) is 0 Å². The number of urea groups is 1. The number of piperidine rings is 1. The average Bonchev–Trinajstić information content (AvgIpc) is 2.70.